The minimum absolute atomic E-state index is 0.169. The van der Waals surface area contributed by atoms with Gasteiger partial charge in [-0.15, -0.1) is 11.3 Å². The smallest absolute Gasteiger partial charge is 0.307 e. The monoisotopic (exact) mass is 557 g/mol. The number of methoxy groups -OCH3 is 1. The van der Waals surface area contributed by atoms with Crippen LogP contribution in [0.15, 0.2) is 72.8 Å². The van der Waals surface area contributed by atoms with Gasteiger partial charge in [0.15, 0.2) is 0 Å². The predicted octanol–water partition coefficient (Wildman–Crippen LogP) is 5.46. The summed E-state index contributed by atoms with van der Waals surface area (Å²) in [5.74, 6) is -0.0403. The molecule has 1 atom stereocenters. The van der Waals surface area contributed by atoms with Gasteiger partial charge in [0.2, 0.25) is 5.91 Å². The SMILES string of the molecule is COC(=O)CC(N)C(=O)Nc1ccc(-c2sc3ccccc3c2Cc2ccc(OCCN3CCCC3)cc2)cc1. The fourth-order valence-corrected chi connectivity index (χ4v) is 6.24. The summed E-state index contributed by atoms with van der Waals surface area (Å²) in [6.45, 7) is 4.06. The molecule has 1 aliphatic heterocycles. The molecule has 40 heavy (non-hydrogen) atoms. The molecule has 0 saturated carbocycles. The zero-order chi connectivity index (χ0) is 27.9. The predicted molar refractivity (Wildman–Crippen MR) is 161 cm³/mol. The minimum Gasteiger partial charge on any atom is -0.492 e. The van der Waals surface area contributed by atoms with Gasteiger partial charge in [-0.05, 0) is 84.8 Å². The highest BCUT2D eigenvalue weighted by atomic mass is 32.1. The van der Waals surface area contributed by atoms with Crippen LogP contribution in [0.5, 0.6) is 5.75 Å². The third-order valence-electron chi connectivity index (χ3n) is 7.24. The number of benzene rings is 3. The third kappa shape index (κ3) is 6.88. The molecule has 1 fully saturated rings. The summed E-state index contributed by atoms with van der Waals surface area (Å²) in [5.41, 5.74) is 10.0. The summed E-state index contributed by atoms with van der Waals surface area (Å²) < 4.78 is 11.8. The van der Waals surface area contributed by atoms with Crippen LogP contribution in [0.1, 0.15) is 30.4 Å². The van der Waals surface area contributed by atoms with E-state index < -0.39 is 17.9 Å². The summed E-state index contributed by atoms with van der Waals surface area (Å²) in [7, 11) is 1.27. The van der Waals surface area contributed by atoms with E-state index in [9.17, 15) is 9.59 Å². The van der Waals surface area contributed by atoms with Crippen LogP contribution in [0, 0.1) is 0 Å². The lowest BCUT2D eigenvalue weighted by molar-refractivity contribution is -0.142. The van der Waals surface area contributed by atoms with E-state index in [1.54, 1.807) is 11.3 Å². The Hall–Kier alpha value is -3.72. The van der Waals surface area contributed by atoms with Crippen LogP contribution in [0.4, 0.5) is 5.69 Å². The van der Waals surface area contributed by atoms with Crippen molar-refractivity contribution in [3.05, 3.63) is 83.9 Å². The number of ether oxygens (including phenoxy) is 2. The van der Waals surface area contributed by atoms with Crippen molar-refractivity contribution in [3.8, 4) is 16.2 Å². The molecule has 208 valence electrons. The van der Waals surface area contributed by atoms with Gasteiger partial charge in [0.05, 0.1) is 19.6 Å². The molecule has 0 spiro atoms. The summed E-state index contributed by atoms with van der Waals surface area (Å²) >= 11 is 1.77. The lowest BCUT2D eigenvalue weighted by Crippen LogP contribution is -2.37. The number of anilines is 1. The molecule has 1 saturated heterocycles. The number of thiophene rings is 1. The van der Waals surface area contributed by atoms with Crippen molar-refractivity contribution in [1.29, 1.82) is 0 Å². The van der Waals surface area contributed by atoms with Crippen LogP contribution in [-0.4, -0.2) is 56.2 Å². The quantitative estimate of drug-likeness (QED) is 0.238. The van der Waals surface area contributed by atoms with Crippen molar-refractivity contribution in [1.82, 2.24) is 4.90 Å². The molecule has 0 radical (unpaired) electrons. The number of rotatable bonds is 11. The van der Waals surface area contributed by atoms with Crippen LogP contribution in [0.2, 0.25) is 0 Å². The molecule has 7 nitrogen and oxygen atoms in total. The molecule has 3 aromatic carbocycles. The van der Waals surface area contributed by atoms with Crippen molar-refractivity contribution >= 4 is 39.0 Å². The first-order chi connectivity index (χ1) is 19.5. The van der Waals surface area contributed by atoms with Crippen molar-refractivity contribution in [2.45, 2.75) is 31.7 Å². The molecule has 2 heterocycles. The molecule has 5 rings (SSSR count). The highest BCUT2D eigenvalue weighted by Gasteiger charge is 2.19. The van der Waals surface area contributed by atoms with Gasteiger partial charge in [-0.1, -0.05) is 42.5 Å². The van der Waals surface area contributed by atoms with Crippen molar-refractivity contribution in [2.24, 2.45) is 5.73 Å². The number of nitrogens with one attached hydrogen (secondary N) is 1. The van der Waals surface area contributed by atoms with E-state index in [0.717, 1.165) is 24.3 Å². The first kappa shape index (κ1) is 27.8. The second kappa shape index (κ2) is 13.1. The Labute approximate surface area is 238 Å². The van der Waals surface area contributed by atoms with Gasteiger partial charge in [-0.2, -0.15) is 0 Å². The average Bonchev–Trinajstić information content (AvgIpc) is 3.62. The van der Waals surface area contributed by atoms with Crippen LogP contribution in [0.25, 0.3) is 20.5 Å². The standard InChI is InChI=1S/C32H35N3O4S/c1-38-30(36)21-28(33)32(37)34-24-12-10-23(11-13-24)31-27(26-6-2-3-7-29(26)40-31)20-22-8-14-25(15-9-22)39-19-18-35-16-4-5-17-35/h2-3,6-15,28H,4-5,16-21,33H2,1H3,(H,34,37). The van der Waals surface area contributed by atoms with E-state index in [4.69, 9.17) is 10.5 Å². The lowest BCUT2D eigenvalue weighted by atomic mass is 9.99. The molecular formula is C32H35N3O4S. The number of carbonyl (C=O) groups is 2. The third-order valence-corrected chi connectivity index (χ3v) is 8.51. The maximum Gasteiger partial charge on any atom is 0.307 e. The lowest BCUT2D eigenvalue weighted by Gasteiger charge is -2.15. The van der Waals surface area contributed by atoms with Crippen molar-refractivity contribution in [2.75, 3.05) is 38.7 Å². The van der Waals surface area contributed by atoms with Gasteiger partial charge in [-0.25, -0.2) is 0 Å². The molecular weight excluding hydrogens is 522 g/mol. The minimum atomic E-state index is -0.969. The summed E-state index contributed by atoms with van der Waals surface area (Å²) in [6, 6.07) is 23.7. The summed E-state index contributed by atoms with van der Waals surface area (Å²) in [4.78, 5) is 27.5. The number of amides is 1. The normalized spacial score (nSPS) is 14.2. The van der Waals surface area contributed by atoms with Gasteiger partial charge in [0.1, 0.15) is 12.4 Å². The first-order valence-electron chi connectivity index (χ1n) is 13.7. The molecule has 3 N–H and O–H groups in total. The number of hydrogen-bond donors (Lipinski definition) is 2. The largest absolute Gasteiger partial charge is 0.492 e. The molecule has 1 unspecified atom stereocenters. The van der Waals surface area contributed by atoms with Gasteiger partial charge >= 0.3 is 5.97 Å². The highest BCUT2D eigenvalue weighted by molar-refractivity contribution is 7.22. The number of hydrogen-bond acceptors (Lipinski definition) is 7. The van der Waals surface area contributed by atoms with Crippen LogP contribution in [-0.2, 0) is 20.7 Å². The fraction of sp³-hybridized carbons (Fsp3) is 0.312. The Balaban J connectivity index is 1.29. The van der Waals surface area contributed by atoms with Gasteiger partial charge in [0, 0.05) is 21.8 Å². The number of nitrogens with zero attached hydrogens (tertiary/aromatic N) is 1. The van der Waals surface area contributed by atoms with Crippen LogP contribution < -0.4 is 15.8 Å². The molecule has 0 bridgehead atoms. The zero-order valence-corrected chi connectivity index (χ0v) is 23.5. The fourth-order valence-electron chi connectivity index (χ4n) is 5.01. The van der Waals surface area contributed by atoms with E-state index in [1.807, 2.05) is 24.3 Å². The highest BCUT2D eigenvalue weighted by Crippen LogP contribution is 2.40. The summed E-state index contributed by atoms with van der Waals surface area (Å²) in [5, 5.41) is 4.03. The average molecular weight is 558 g/mol. The van der Waals surface area contributed by atoms with Crippen LogP contribution in [0.3, 0.4) is 0 Å². The number of nitrogens with two attached hydrogens (primary N) is 1. The van der Waals surface area contributed by atoms with Crippen molar-refractivity contribution in [3.63, 3.8) is 0 Å². The van der Waals surface area contributed by atoms with Gasteiger partial charge in [-0.3, -0.25) is 14.5 Å². The Morgan fingerprint density at radius 2 is 1.73 bits per heavy atom. The van der Waals surface area contributed by atoms with Crippen molar-refractivity contribution < 1.29 is 19.1 Å². The summed E-state index contributed by atoms with van der Waals surface area (Å²) in [6.07, 6.45) is 3.22. The second-order valence-electron chi connectivity index (χ2n) is 10.1. The number of likely N-dealkylation sites (tertiary alicyclic amines) is 1. The Kier molecular flexibility index (Phi) is 9.11. The molecule has 1 amide bonds. The second-order valence-corrected chi connectivity index (χ2v) is 11.1. The first-order valence-corrected chi connectivity index (χ1v) is 14.5. The number of carbonyl (C=O) groups excluding carboxylic acids is 2. The van der Waals surface area contributed by atoms with E-state index in [-0.39, 0.29) is 6.42 Å². The molecule has 8 heteroatoms. The Bertz CT molecular complexity index is 1440. The van der Waals surface area contributed by atoms with Gasteiger partial charge in [0.25, 0.3) is 0 Å². The maximum absolute atomic E-state index is 12.4. The molecule has 1 aromatic heterocycles. The van der Waals surface area contributed by atoms with E-state index in [1.165, 1.54) is 59.1 Å². The zero-order valence-electron chi connectivity index (χ0n) is 22.7. The van der Waals surface area contributed by atoms with E-state index in [2.05, 4.69) is 63.5 Å². The Morgan fingerprint density at radius 1 is 1.00 bits per heavy atom. The molecule has 1 aliphatic rings. The maximum atomic E-state index is 12.4. The number of fused-ring (bicyclic) bond motifs is 1. The molecule has 4 aromatic rings. The molecule has 0 aliphatic carbocycles. The van der Waals surface area contributed by atoms with Crippen LogP contribution >= 0.6 is 11.3 Å². The number of esters is 1. The van der Waals surface area contributed by atoms with E-state index in [0.29, 0.717) is 12.3 Å². The topological polar surface area (TPSA) is 93.9 Å². The van der Waals surface area contributed by atoms with Gasteiger partial charge < -0.3 is 20.5 Å². The van der Waals surface area contributed by atoms with E-state index >= 15 is 0 Å². The Morgan fingerprint density at radius 3 is 2.45 bits per heavy atom.